The molecule has 0 saturated carbocycles. The topological polar surface area (TPSA) is 83.2 Å². The van der Waals surface area contributed by atoms with Crippen molar-refractivity contribution in [2.45, 2.75) is 17.9 Å². The van der Waals surface area contributed by atoms with Crippen molar-refractivity contribution >= 4 is 10.0 Å². The van der Waals surface area contributed by atoms with Crippen LogP contribution < -0.4 is 10.0 Å². The van der Waals surface area contributed by atoms with Crippen LogP contribution in [0.5, 0.6) is 0 Å². The predicted octanol–water partition coefficient (Wildman–Crippen LogP) is 0.294. The van der Waals surface area contributed by atoms with Crippen molar-refractivity contribution in [2.75, 3.05) is 26.8 Å². The van der Waals surface area contributed by atoms with E-state index in [0.717, 1.165) is 5.69 Å². The van der Waals surface area contributed by atoms with Gasteiger partial charge in [0.05, 0.1) is 11.5 Å². The first-order valence-corrected chi connectivity index (χ1v) is 7.11. The summed E-state index contributed by atoms with van der Waals surface area (Å²) in [6.45, 7) is -0.329. The fraction of sp³-hybridized carbons (Fsp3) is 0.600. The molecule has 0 bridgehead atoms. The van der Waals surface area contributed by atoms with Gasteiger partial charge in [0, 0.05) is 25.0 Å². The molecule has 110 valence electrons. The van der Waals surface area contributed by atoms with Gasteiger partial charge in [-0.15, -0.1) is 0 Å². The van der Waals surface area contributed by atoms with Gasteiger partial charge in [-0.2, -0.15) is 0 Å². The summed E-state index contributed by atoms with van der Waals surface area (Å²) in [5.41, 5.74) is 0.733. The summed E-state index contributed by atoms with van der Waals surface area (Å²) in [6, 6.07) is 1.50. The maximum absolute atomic E-state index is 11.8. The molecule has 1 heterocycles. The Hall–Kier alpha value is -1.03. The second-order valence-electron chi connectivity index (χ2n) is 3.75. The number of nitrogens with one attached hydrogen (secondary N) is 3. The summed E-state index contributed by atoms with van der Waals surface area (Å²) in [6.07, 6.45) is -1.18. The van der Waals surface area contributed by atoms with Crippen molar-refractivity contribution in [1.29, 1.82) is 0 Å². The minimum absolute atomic E-state index is 0.0540. The second-order valence-corrected chi connectivity index (χ2v) is 5.52. The van der Waals surface area contributed by atoms with Crippen LogP contribution in [0.25, 0.3) is 0 Å². The molecule has 0 atom stereocenters. The fourth-order valence-corrected chi connectivity index (χ4v) is 2.40. The van der Waals surface area contributed by atoms with Gasteiger partial charge in [0.15, 0.2) is 0 Å². The number of hydrogen-bond acceptors (Lipinski definition) is 4. The van der Waals surface area contributed by atoms with Crippen LogP contribution in [0.1, 0.15) is 5.69 Å². The van der Waals surface area contributed by atoms with E-state index in [1.165, 1.54) is 12.3 Å². The van der Waals surface area contributed by atoms with Gasteiger partial charge in [0.1, 0.15) is 6.61 Å². The van der Waals surface area contributed by atoms with Crippen LogP contribution in [-0.2, 0) is 21.3 Å². The summed E-state index contributed by atoms with van der Waals surface area (Å²) < 4.78 is 54.0. The Labute approximate surface area is 110 Å². The number of aromatic nitrogens is 1. The third kappa shape index (κ3) is 5.64. The molecule has 9 heteroatoms. The number of ether oxygens (including phenoxy) is 1. The molecule has 0 unspecified atom stereocenters. The Kier molecular flexibility index (Phi) is 6.35. The van der Waals surface area contributed by atoms with Crippen molar-refractivity contribution < 1.29 is 21.9 Å². The molecular formula is C10H17F2N3O3S. The standard InChI is InChI=1S/C10H17F2N3O3S/c1-13-5-8-4-9(6-14-8)19(16,17)15-2-3-18-7-10(11)12/h4,6,10,13-15H,2-3,5,7H2,1H3. The van der Waals surface area contributed by atoms with Gasteiger partial charge in [-0.3, -0.25) is 0 Å². The lowest BCUT2D eigenvalue weighted by molar-refractivity contribution is 0.0199. The van der Waals surface area contributed by atoms with Crippen LogP contribution in [0, 0.1) is 0 Å². The van der Waals surface area contributed by atoms with E-state index in [0.29, 0.717) is 6.54 Å². The van der Waals surface area contributed by atoms with E-state index >= 15 is 0 Å². The van der Waals surface area contributed by atoms with E-state index in [4.69, 9.17) is 0 Å². The molecule has 0 aliphatic carbocycles. The van der Waals surface area contributed by atoms with E-state index in [1.807, 2.05) is 0 Å². The van der Waals surface area contributed by atoms with Crippen LogP contribution in [0.15, 0.2) is 17.2 Å². The van der Waals surface area contributed by atoms with E-state index in [-0.39, 0.29) is 18.0 Å². The SMILES string of the molecule is CNCc1cc(S(=O)(=O)NCCOCC(F)F)c[nH]1. The monoisotopic (exact) mass is 297 g/mol. The highest BCUT2D eigenvalue weighted by Crippen LogP contribution is 2.10. The Balaban J connectivity index is 2.42. The van der Waals surface area contributed by atoms with Crippen molar-refractivity contribution in [2.24, 2.45) is 0 Å². The van der Waals surface area contributed by atoms with Crippen LogP contribution in [0.4, 0.5) is 8.78 Å². The molecule has 1 aromatic heterocycles. The molecule has 0 fully saturated rings. The smallest absolute Gasteiger partial charge is 0.261 e. The first kappa shape index (κ1) is 16.0. The Morgan fingerprint density at radius 2 is 2.21 bits per heavy atom. The Morgan fingerprint density at radius 1 is 1.47 bits per heavy atom. The second kappa shape index (κ2) is 7.53. The Bertz CT molecular complexity index is 476. The van der Waals surface area contributed by atoms with Gasteiger partial charge in [-0.05, 0) is 13.1 Å². The number of rotatable bonds is 9. The quantitative estimate of drug-likeness (QED) is 0.572. The third-order valence-electron chi connectivity index (χ3n) is 2.18. The average molecular weight is 297 g/mol. The molecule has 19 heavy (non-hydrogen) atoms. The summed E-state index contributed by atoms with van der Waals surface area (Å²) in [4.78, 5) is 2.92. The number of sulfonamides is 1. The largest absolute Gasteiger partial charge is 0.374 e. The van der Waals surface area contributed by atoms with Gasteiger partial charge in [0.2, 0.25) is 10.0 Å². The van der Waals surface area contributed by atoms with Gasteiger partial charge in [-0.1, -0.05) is 0 Å². The van der Waals surface area contributed by atoms with Gasteiger partial charge in [0.25, 0.3) is 6.43 Å². The van der Waals surface area contributed by atoms with Crippen molar-refractivity contribution in [3.05, 3.63) is 18.0 Å². The van der Waals surface area contributed by atoms with Gasteiger partial charge >= 0.3 is 0 Å². The molecule has 0 spiro atoms. The third-order valence-corrected chi connectivity index (χ3v) is 3.62. The zero-order chi connectivity index (χ0) is 14.3. The van der Waals surface area contributed by atoms with Crippen LogP contribution in [0.2, 0.25) is 0 Å². The van der Waals surface area contributed by atoms with Crippen molar-refractivity contribution in [3.63, 3.8) is 0 Å². The maximum atomic E-state index is 11.8. The summed E-state index contributed by atoms with van der Waals surface area (Å²) in [7, 11) is -1.89. The van der Waals surface area contributed by atoms with E-state index in [2.05, 4.69) is 19.8 Å². The van der Waals surface area contributed by atoms with Crippen molar-refractivity contribution in [1.82, 2.24) is 15.0 Å². The molecule has 0 aliphatic heterocycles. The summed E-state index contributed by atoms with van der Waals surface area (Å²) >= 11 is 0. The molecular weight excluding hydrogens is 280 g/mol. The lowest BCUT2D eigenvalue weighted by Crippen LogP contribution is -2.27. The number of alkyl halides is 2. The molecule has 6 nitrogen and oxygen atoms in total. The number of hydrogen-bond donors (Lipinski definition) is 3. The van der Waals surface area contributed by atoms with E-state index in [1.54, 1.807) is 7.05 Å². The van der Waals surface area contributed by atoms with Crippen molar-refractivity contribution in [3.8, 4) is 0 Å². The minimum Gasteiger partial charge on any atom is -0.374 e. The average Bonchev–Trinajstić information content (AvgIpc) is 2.78. The zero-order valence-corrected chi connectivity index (χ0v) is 11.3. The number of H-pyrrole nitrogens is 1. The highest BCUT2D eigenvalue weighted by atomic mass is 32.2. The van der Waals surface area contributed by atoms with Crippen LogP contribution >= 0.6 is 0 Å². The highest BCUT2D eigenvalue weighted by molar-refractivity contribution is 7.89. The normalized spacial score (nSPS) is 12.2. The van der Waals surface area contributed by atoms with Crippen LogP contribution in [0.3, 0.4) is 0 Å². The molecule has 0 aliphatic rings. The molecule has 0 saturated heterocycles. The molecule has 0 amide bonds. The summed E-state index contributed by atoms with van der Waals surface area (Å²) in [5, 5.41) is 2.88. The number of halogens is 2. The molecule has 3 N–H and O–H groups in total. The predicted molar refractivity (Wildman–Crippen MR) is 65.6 cm³/mol. The fourth-order valence-electron chi connectivity index (χ4n) is 1.37. The van der Waals surface area contributed by atoms with E-state index in [9.17, 15) is 17.2 Å². The molecule has 1 rings (SSSR count). The lowest BCUT2D eigenvalue weighted by atomic mass is 10.4. The molecule has 1 aromatic rings. The zero-order valence-electron chi connectivity index (χ0n) is 10.4. The van der Waals surface area contributed by atoms with Gasteiger partial charge in [-0.25, -0.2) is 21.9 Å². The highest BCUT2D eigenvalue weighted by Gasteiger charge is 2.15. The van der Waals surface area contributed by atoms with E-state index < -0.39 is 23.1 Å². The van der Waals surface area contributed by atoms with Crippen LogP contribution in [-0.4, -0.2) is 46.6 Å². The van der Waals surface area contributed by atoms with Gasteiger partial charge < -0.3 is 15.0 Å². The number of aromatic amines is 1. The molecule has 0 aromatic carbocycles. The lowest BCUT2D eigenvalue weighted by Gasteiger charge is -2.05. The summed E-state index contributed by atoms with van der Waals surface area (Å²) in [5.74, 6) is 0. The first-order valence-electron chi connectivity index (χ1n) is 5.63. The first-order chi connectivity index (χ1) is 8.95. The minimum atomic E-state index is -3.63. The Morgan fingerprint density at radius 3 is 2.84 bits per heavy atom. The maximum Gasteiger partial charge on any atom is 0.261 e. The molecule has 0 radical (unpaired) electrons.